The molecular weight excluding hydrogens is 305 g/mol. The molecule has 0 radical (unpaired) electrons. The second-order valence-electron chi connectivity index (χ2n) is 3.40. The Labute approximate surface area is 110 Å². The van der Waals surface area contributed by atoms with Gasteiger partial charge in [-0.2, -0.15) is 0 Å². The quantitative estimate of drug-likeness (QED) is 0.913. The summed E-state index contributed by atoms with van der Waals surface area (Å²) < 4.78 is 18.5. The Kier molecular flexibility index (Phi) is 3.61. The van der Waals surface area contributed by atoms with Crippen LogP contribution in [-0.2, 0) is 0 Å². The summed E-state index contributed by atoms with van der Waals surface area (Å²) in [5, 5.41) is 2.83. The highest BCUT2D eigenvalue weighted by atomic mass is 79.9. The van der Waals surface area contributed by atoms with Crippen molar-refractivity contribution in [3.05, 3.63) is 45.2 Å². The van der Waals surface area contributed by atoms with E-state index in [4.69, 9.17) is 4.74 Å². The summed E-state index contributed by atoms with van der Waals surface area (Å²) in [5.74, 6) is 0.225. The highest BCUT2D eigenvalue weighted by Crippen LogP contribution is 2.24. The first-order chi connectivity index (χ1) is 8.60. The predicted octanol–water partition coefficient (Wildman–Crippen LogP) is 2.42. The lowest BCUT2D eigenvalue weighted by Gasteiger charge is -2.08. The number of benzene rings is 1. The van der Waals surface area contributed by atoms with E-state index in [-0.39, 0.29) is 10.0 Å². The third-order valence-corrected chi connectivity index (χ3v) is 2.90. The van der Waals surface area contributed by atoms with Gasteiger partial charge in [-0.25, -0.2) is 9.37 Å². The Morgan fingerprint density at radius 2 is 2.22 bits per heavy atom. The molecule has 0 unspecified atom stereocenters. The molecule has 1 aromatic carbocycles. The van der Waals surface area contributed by atoms with Crippen LogP contribution >= 0.6 is 15.9 Å². The van der Waals surface area contributed by atoms with Gasteiger partial charge in [0.05, 0.1) is 13.4 Å². The molecule has 5 nitrogen and oxygen atoms in total. The standard InChI is InChI=1S/C11H9BrFN3O2/c1-18-8-3-6(13)2-7(4-8)16-10-9(12)11(17)15-5-14-10/h2-5H,1H3,(H2,14,15,16,17). The van der Waals surface area contributed by atoms with Crippen molar-refractivity contribution in [1.29, 1.82) is 0 Å². The molecule has 0 aliphatic rings. The van der Waals surface area contributed by atoms with Gasteiger partial charge in [-0.1, -0.05) is 0 Å². The third-order valence-electron chi connectivity index (χ3n) is 2.17. The Morgan fingerprint density at radius 1 is 1.44 bits per heavy atom. The van der Waals surface area contributed by atoms with Crippen LogP contribution in [0.4, 0.5) is 15.9 Å². The van der Waals surface area contributed by atoms with E-state index in [1.165, 1.54) is 25.6 Å². The van der Waals surface area contributed by atoms with Crippen LogP contribution in [0.15, 0.2) is 33.8 Å². The van der Waals surface area contributed by atoms with E-state index >= 15 is 0 Å². The van der Waals surface area contributed by atoms with Gasteiger partial charge >= 0.3 is 0 Å². The lowest BCUT2D eigenvalue weighted by Crippen LogP contribution is -2.10. The fourth-order valence-electron chi connectivity index (χ4n) is 1.36. The van der Waals surface area contributed by atoms with Crippen molar-refractivity contribution in [3.8, 4) is 5.75 Å². The van der Waals surface area contributed by atoms with Crippen LogP contribution in [0.25, 0.3) is 0 Å². The van der Waals surface area contributed by atoms with E-state index in [0.717, 1.165) is 0 Å². The van der Waals surface area contributed by atoms with Gasteiger partial charge in [-0.05, 0) is 22.0 Å². The molecule has 2 aromatic rings. The number of halogens is 2. The number of rotatable bonds is 3. The lowest BCUT2D eigenvalue weighted by atomic mass is 10.3. The molecule has 0 spiro atoms. The first-order valence-electron chi connectivity index (χ1n) is 4.95. The predicted molar refractivity (Wildman–Crippen MR) is 68.8 cm³/mol. The molecule has 0 fully saturated rings. The molecule has 0 saturated carbocycles. The lowest BCUT2D eigenvalue weighted by molar-refractivity contribution is 0.411. The van der Waals surface area contributed by atoms with Crippen molar-refractivity contribution in [2.45, 2.75) is 0 Å². The largest absolute Gasteiger partial charge is 0.497 e. The molecule has 7 heteroatoms. The van der Waals surface area contributed by atoms with Crippen LogP contribution in [0.2, 0.25) is 0 Å². The number of aromatic nitrogens is 2. The van der Waals surface area contributed by atoms with Crippen LogP contribution < -0.4 is 15.6 Å². The maximum atomic E-state index is 13.3. The molecule has 2 N–H and O–H groups in total. The summed E-state index contributed by atoms with van der Waals surface area (Å²) in [6, 6.07) is 4.13. The zero-order valence-electron chi connectivity index (χ0n) is 9.33. The van der Waals surface area contributed by atoms with Crippen molar-refractivity contribution in [2.24, 2.45) is 0 Å². The molecule has 18 heavy (non-hydrogen) atoms. The van der Waals surface area contributed by atoms with E-state index in [9.17, 15) is 9.18 Å². The Morgan fingerprint density at radius 3 is 2.94 bits per heavy atom. The number of nitrogens with zero attached hydrogens (tertiary/aromatic N) is 1. The third kappa shape index (κ3) is 2.67. The molecule has 94 valence electrons. The van der Waals surface area contributed by atoms with Crippen molar-refractivity contribution < 1.29 is 9.13 Å². The molecule has 1 heterocycles. The number of nitrogens with one attached hydrogen (secondary N) is 2. The zero-order chi connectivity index (χ0) is 13.1. The van der Waals surface area contributed by atoms with E-state index < -0.39 is 5.82 Å². The number of H-pyrrole nitrogens is 1. The minimum atomic E-state index is -0.446. The van der Waals surface area contributed by atoms with E-state index in [0.29, 0.717) is 17.3 Å². The molecule has 0 amide bonds. The van der Waals surface area contributed by atoms with Gasteiger partial charge in [0.1, 0.15) is 16.0 Å². The van der Waals surface area contributed by atoms with E-state index in [1.807, 2.05) is 0 Å². The van der Waals surface area contributed by atoms with Gasteiger partial charge in [0.25, 0.3) is 5.56 Å². The fourth-order valence-corrected chi connectivity index (χ4v) is 1.68. The molecule has 0 saturated heterocycles. The van der Waals surface area contributed by atoms with E-state index in [2.05, 4.69) is 31.2 Å². The average Bonchev–Trinajstić information content (AvgIpc) is 2.34. The molecular formula is C11H9BrFN3O2. The van der Waals surface area contributed by atoms with Crippen LogP contribution in [-0.4, -0.2) is 17.1 Å². The summed E-state index contributed by atoms with van der Waals surface area (Å²) in [6.45, 7) is 0. The minimum absolute atomic E-state index is 0.244. The second kappa shape index (κ2) is 5.18. The van der Waals surface area contributed by atoms with Crippen molar-refractivity contribution in [3.63, 3.8) is 0 Å². The van der Waals surface area contributed by atoms with Crippen LogP contribution in [0.3, 0.4) is 0 Å². The summed E-state index contributed by atoms with van der Waals surface area (Å²) >= 11 is 3.10. The SMILES string of the molecule is COc1cc(F)cc(Nc2nc[nH]c(=O)c2Br)c1. The first kappa shape index (κ1) is 12.6. The van der Waals surface area contributed by atoms with Crippen LogP contribution in [0.5, 0.6) is 5.75 Å². The van der Waals surface area contributed by atoms with Crippen LogP contribution in [0, 0.1) is 5.82 Å². The topological polar surface area (TPSA) is 67.0 Å². The normalized spacial score (nSPS) is 10.2. The van der Waals surface area contributed by atoms with Crippen molar-refractivity contribution >= 4 is 27.4 Å². The Balaban J connectivity index is 2.37. The number of aromatic amines is 1. The molecule has 0 bridgehead atoms. The number of methoxy groups -OCH3 is 1. The molecule has 1 aromatic heterocycles. The molecule has 2 rings (SSSR count). The zero-order valence-corrected chi connectivity index (χ0v) is 10.9. The highest BCUT2D eigenvalue weighted by Gasteiger charge is 2.07. The monoisotopic (exact) mass is 313 g/mol. The smallest absolute Gasteiger partial charge is 0.267 e. The summed E-state index contributed by atoms with van der Waals surface area (Å²) in [6.07, 6.45) is 1.26. The second-order valence-corrected chi connectivity index (χ2v) is 4.19. The Hall–Kier alpha value is -1.89. The number of anilines is 2. The van der Waals surface area contributed by atoms with Gasteiger partial charge in [-0.15, -0.1) is 0 Å². The van der Waals surface area contributed by atoms with Crippen molar-refractivity contribution in [2.75, 3.05) is 12.4 Å². The van der Waals surface area contributed by atoms with Gasteiger partial charge in [0.2, 0.25) is 0 Å². The maximum Gasteiger partial charge on any atom is 0.267 e. The summed E-state index contributed by atoms with van der Waals surface area (Å²) in [5.41, 5.74) is 0.113. The number of hydrogen-bond donors (Lipinski definition) is 2. The number of hydrogen-bond acceptors (Lipinski definition) is 4. The van der Waals surface area contributed by atoms with Crippen LogP contribution in [0.1, 0.15) is 0 Å². The van der Waals surface area contributed by atoms with E-state index in [1.54, 1.807) is 6.07 Å². The van der Waals surface area contributed by atoms with Gasteiger partial charge in [-0.3, -0.25) is 4.79 Å². The first-order valence-corrected chi connectivity index (χ1v) is 5.74. The molecule has 0 atom stereocenters. The minimum Gasteiger partial charge on any atom is -0.497 e. The summed E-state index contributed by atoms with van der Waals surface area (Å²) in [7, 11) is 1.44. The fraction of sp³-hybridized carbons (Fsp3) is 0.0909. The van der Waals surface area contributed by atoms with Gasteiger partial charge < -0.3 is 15.0 Å². The molecule has 0 aliphatic carbocycles. The maximum absolute atomic E-state index is 13.3. The van der Waals surface area contributed by atoms with Crippen molar-refractivity contribution in [1.82, 2.24) is 9.97 Å². The Bertz CT molecular complexity index is 630. The highest BCUT2D eigenvalue weighted by molar-refractivity contribution is 9.10. The molecule has 0 aliphatic heterocycles. The van der Waals surface area contributed by atoms with Gasteiger partial charge in [0.15, 0.2) is 5.82 Å². The average molecular weight is 314 g/mol. The number of ether oxygens (including phenoxy) is 1. The van der Waals surface area contributed by atoms with Gasteiger partial charge in [0, 0.05) is 17.8 Å². The summed E-state index contributed by atoms with van der Waals surface area (Å²) in [4.78, 5) is 17.7.